The maximum absolute atomic E-state index is 15.8. The summed E-state index contributed by atoms with van der Waals surface area (Å²) < 4.78 is 5.26. The molecule has 5 aromatic carbocycles. The average Bonchev–Trinajstić information content (AvgIpc) is 1.62. The standard InChI is InChI=1S/C101H133N21O21S/c1-8-59(6)87-100(142)122-42-18-27-80(122)97(139)118-86(58(4)5)98(140)115-75(48-69-50-105-56-108-69)94(136)112-72(43-57(2)3)91(133)117-78(89(131)107-51-81(102)123)54-144-55-82(124)110-73(44-60-19-11-9-12-20-60)92(134)113-74(45-61-28-32-64(33-29-61)63-21-13-10-14-22-63)93(135)116-77(46-62-30-34-65(35-31-62)66-36-38-68(39-37-66)109-88(130)67-23-15-24-70(47-67)143-53-85(128)129)99(141)120(7)52-83(125)121-41-17-26-79(121)96(138)114-76(49-84(126)127)95(137)111-71(90(132)119-87)25-16-40-106-101(103)104/h10,13-15,21-24,28-39,47,50,56-60,71-80,86-87H,8-9,11-12,16-20,25-27,40-46,48-49,51-55H2,1-7H3,(H2,102,123)(H,105,108)(H,107,131)(H,109,130)(H,110,124)(H,111,137)(H,112,136)(H,113,134)(H,114,138)(H,115,140)(H,116,135)(H,117,133)(H,118,139)(H,119,132)(H,126,127)(H,128,129)(H4,103,104,106)/t59-,71+,72-,73-,74-,75-,76-,77-,78-,79-,80-,86-,87-/m0/s1. The molecule has 3 saturated heterocycles. The highest BCUT2D eigenvalue weighted by atomic mass is 32.2. The molecule has 0 bridgehead atoms. The number of benzene rings is 5. The minimum absolute atomic E-state index is 0.00594. The lowest BCUT2D eigenvalue weighted by atomic mass is 9.84. The minimum atomic E-state index is -1.93. The second-order valence-electron chi connectivity index (χ2n) is 37.6. The molecule has 10 rings (SSSR count). The number of hydrogen-bond acceptors (Lipinski definition) is 22. The lowest BCUT2D eigenvalue weighted by Crippen LogP contribution is -2.62. The van der Waals surface area contributed by atoms with Crippen LogP contribution in [0.5, 0.6) is 5.75 Å². The number of anilines is 1. The SMILES string of the molecule is CC[C@H](C)[C@@H]1NC(=O)[C@@H](CCCNC(=N)N)NC(=O)[C@H](CC(=O)O)NC(=O)[C@@H]2CCCN2C(=O)CN(C)C(=O)[C@H](Cc2ccc(-c3ccc(NC(=O)c4cccc(OCC(=O)O)c4)cc3)cc2)NC(=O)[C@H](Cc2ccc(-c3ccccc3)cc2)NC(=O)[C@H](CC2CCCCC2)NC(=O)CSC[C@@H](C(=O)NCC(N)=O)NC(=O)[C@H](CC(C)C)NC(=O)[C@H](Cc2cnc[nH]2)NC(=O)[C@H](C(C)C)NC(=O)[C@@H]2CCCN2C1=O. The Bertz CT molecular complexity index is 5520. The highest BCUT2D eigenvalue weighted by Crippen LogP contribution is 2.31. The molecule has 1 aliphatic carbocycles. The number of thioether (sulfide) groups is 1. The van der Waals surface area contributed by atoms with Crippen molar-refractivity contribution in [1.29, 1.82) is 5.41 Å². The van der Waals surface area contributed by atoms with Crippen LogP contribution in [-0.4, -0.2) is 278 Å². The number of carboxylic acids is 2. The lowest BCUT2D eigenvalue weighted by molar-refractivity contribution is -0.145. The van der Waals surface area contributed by atoms with Gasteiger partial charge in [-0.1, -0.05) is 177 Å². The Morgan fingerprint density at radius 3 is 1.70 bits per heavy atom. The Balaban J connectivity index is 1.01. The van der Waals surface area contributed by atoms with E-state index < -0.39 is 229 Å². The third-order valence-corrected chi connectivity index (χ3v) is 26.7. The molecular weight excluding hydrogens is 1880 g/mol. The number of H-pyrrole nitrogens is 1. The third-order valence-electron chi connectivity index (χ3n) is 25.7. The number of rotatable bonds is 29. The van der Waals surface area contributed by atoms with Gasteiger partial charge in [-0.15, -0.1) is 11.8 Å². The monoisotopic (exact) mass is 2010 g/mol. The topological polar surface area (TPSA) is 628 Å². The molecule has 4 aliphatic rings. The lowest BCUT2D eigenvalue weighted by Gasteiger charge is -2.33. The molecule has 1 saturated carbocycles. The highest BCUT2D eigenvalue weighted by Gasteiger charge is 2.45. The van der Waals surface area contributed by atoms with Crippen molar-refractivity contribution in [3.63, 3.8) is 0 Å². The Labute approximate surface area is 838 Å². The van der Waals surface area contributed by atoms with Gasteiger partial charge < -0.3 is 115 Å². The van der Waals surface area contributed by atoms with Crippen LogP contribution in [0, 0.1) is 29.1 Å². The van der Waals surface area contributed by atoms with Crippen molar-refractivity contribution in [2.24, 2.45) is 35.1 Å². The first kappa shape index (κ1) is 111. The number of aromatic nitrogens is 2. The van der Waals surface area contributed by atoms with Gasteiger partial charge in [0.25, 0.3) is 5.91 Å². The maximum atomic E-state index is 15.8. The second-order valence-corrected chi connectivity index (χ2v) is 38.6. The molecule has 4 heterocycles. The van der Waals surface area contributed by atoms with Crippen LogP contribution in [0.1, 0.15) is 165 Å². The molecule has 3 aliphatic heterocycles. The molecule has 0 unspecified atom stereocenters. The molecule has 1 aromatic heterocycles. The number of carbonyl (C=O) groups is 18. The molecule has 0 radical (unpaired) electrons. The third kappa shape index (κ3) is 33.7. The summed E-state index contributed by atoms with van der Waals surface area (Å²) in [6, 6.07) is 18.4. The van der Waals surface area contributed by atoms with Crippen molar-refractivity contribution >= 4 is 130 Å². The predicted octanol–water partition coefficient (Wildman–Crippen LogP) is 2.58. The van der Waals surface area contributed by atoms with E-state index in [2.05, 4.69) is 79.1 Å². The summed E-state index contributed by atoms with van der Waals surface area (Å²) in [6.45, 7) is 8.03. The van der Waals surface area contributed by atoms with Crippen LogP contribution in [0.15, 0.2) is 140 Å². The van der Waals surface area contributed by atoms with Gasteiger partial charge in [0.15, 0.2) is 12.6 Å². The summed E-state index contributed by atoms with van der Waals surface area (Å²) in [7, 11) is 1.29. The van der Waals surface area contributed by atoms with E-state index in [1.807, 2.05) is 42.5 Å². The average molecular weight is 2010 g/mol. The van der Waals surface area contributed by atoms with Gasteiger partial charge in [0.05, 0.1) is 31.6 Å². The summed E-state index contributed by atoms with van der Waals surface area (Å²) in [5.41, 5.74) is 16.1. The summed E-state index contributed by atoms with van der Waals surface area (Å²) in [5.74, 6) is -19.4. The highest BCUT2D eigenvalue weighted by molar-refractivity contribution is 8.00. The number of nitrogens with one attached hydrogen (secondary N) is 15. The number of primary amides is 1. The number of carbonyl (C=O) groups excluding carboxylic acids is 16. The number of hydrogen-bond donors (Lipinski definition) is 19. The first-order chi connectivity index (χ1) is 68.8. The zero-order chi connectivity index (χ0) is 104. The van der Waals surface area contributed by atoms with E-state index in [9.17, 15) is 67.4 Å². The quantitative estimate of drug-likeness (QED) is 0.0182. The van der Waals surface area contributed by atoms with E-state index in [1.54, 1.807) is 108 Å². The number of imidazole rings is 1. The molecule has 6 aromatic rings. The number of likely N-dealkylation sites (N-methyl/N-ethyl adjacent to an activating group) is 1. The van der Waals surface area contributed by atoms with Gasteiger partial charge in [-0.3, -0.25) is 86.9 Å². The van der Waals surface area contributed by atoms with Gasteiger partial charge in [-0.25, -0.2) is 9.78 Å². The smallest absolute Gasteiger partial charge is 0.341 e. The Kier molecular flexibility index (Phi) is 42.0. The number of amides is 16. The summed E-state index contributed by atoms with van der Waals surface area (Å²) in [4.78, 5) is 270. The molecule has 42 nitrogen and oxygen atoms in total. The van der Waals surface area contributed by atoms with E-state index in [0.717, 1.165) is 52.0 Å². The number of ether oxygens (including phenoxy) is 1. The molecule has 774 valence electrons. The van der Waals surface area contributed by atoms with Crippen molar-refractivity contribution in [2.45, 2.75) is 230 Å². The number of fused-ring (bicyclic) bond motifs is 2. The van der Waals surface area contributed by atoms with E-state index in [4.69, 9.17) is 26.7 Å². The fourth-order valence-electron chi connectivity index (χ4n) is 17.8. The normalized spacial score (nSPS) is 22.8. The van der Waals surface area contributed by atoms with Crippen molar-refractivity contribution in [3.05, 3.63) is 162 Å². The van der Waals surface area contributed by atoms with Gasteiger partial charge >= 0.3 is 11.9 Å². The van der Waals surface area contributed by atoms with Crippen molar-refractivity contribution in [3.8, 4) is 28.0 Å². The van der Waals surface area contributed by atoms with Crippen LogP contribution in [0.4, 0.5) is 5.69 Å². The molecule has 43 heteroatoms. The molecule has 13 atom stereocenters. The van der Waals surface area contributed by atoms with Gasteiger partial charge in [0, 0.05) is 74.8 Å². The Morgan fingerprint density at radius 2 is 1.10 bits per heavy atom. The summed E-state index contributed by atoms with van der Waals surface area (Å²) in [6.07, 6.45) is 5.42. The van der Waals surface area contributed by atoms with E-state index >= 15 is 24.0 Å². The molecule has 144 heavy (non-hydrogen) atoms. The van der Waals surface area contributed by atoms with Crippen LogP contribution >= 0.6 is 11.8 Å². The number of nitrogens with two attached hydrogens (primary N) is 2. The van der Waals surface area contributed by atoms with E-state index in [1.165, 1.54) is 42.7 Å². The Morgan fingerprint density at radius 1 is 0.549 bits per heavy atom. The number of aromatic amines is 1. The largest absolute Gasteiger partial charge is 0.482 e. The van der Waals surface area contributed by atoms with Crippen LogP contribution in [0.2, 0.25) is 0 Å². The summed E-state index contributed by atoms with van der Waals surface area (Å²) >= 11 is 0.855. The van der Waals surface area contributed by atoms with E-state index in [-0.39, 0.29) is 126 Å². The maximum Gasteiger partial charge on any atom is 0.341 e. The van der Waals surface area contributed by atoms with Gasteiger partial charge in [-0.05, 0) is 139 Å². The number of nitrogens with zero attached hydrogens (tertiary/aromatic N) is 4. The van der Waals surface area contributed by atoms with Gasteiger partial charge in [0.1, 0.15) is 78.3 Å². The molecule has 4 fully saturated rings. The molecule has 0 spiro atoms. The van der Waals surface area contributed by atoms with Gasteiger partial charge in [-0.2, -0.15) is 0 Å². The molecular formula is C101H133N21O21S. The van der Waals surface area contributed by atoms with Crippen LogP contribution in [0.3, 0.4) is 0 Å². The van der Waals surface area contributed by atoms with E-state index in [0.29, 0.717) is 46.5 Å². The van der Waals surface area contributed by atoms with Crippen LogP contribution in [-0.2, 0) is 101 Å². The van der Waals surface area contributed by atoms with Crippen LogP contribution in [0.25, 0.3) is 22.3 Å². The Hall–Kier alpha value is -14.8. The number of aliphatic carboxylic acids is 2. The minimum Gasteiger partial charge on any atom is -0.482 e. The second kappa shape index (κ2) is 54.4. The van der Waals surface area contributed by atoms with Crippen LogP contribution < -0.4 is 85.3 Å². The predicted molar refractivity (Wildman–Crippen MR) is 533 cm³/mol. The molecule has 21 N–H and O–H groups in total. The van der Waals surface area contributed by atoms with Crippen molar-refractivity contribution in [1.82, 2.24) is 88.5 Å². The number of guanidine groups is 1. The first-order valence-corrected chi connectivity index (χ1v) is 49.8. The summed E-state index contributed by atoms with van der Waals surface area (Å²) in [5, 5.41) is 62.6. The van der Waals surface area contributed by atoms with Gasteiger partial charge in [0.2, 0.25) is 88.6 Å². The van der Waals surface area contributed by atoms with Crippen molar-refractivity contribution < 1.29 is 101 Å². The zero-order valence-corrected chi connectivity index (χ0v) is 82.7. The fourth-order valence-corrected chi connectivity index (χ4v) is 18.6. The molecule has 16 amide bonds. The number of carboxylic acid groups (broad SMARTS) is 2. The fraction of sp³-hybridized carbons (Fsp3) is 0.485. The first-order valence-electron chi connectivity index (χ1n) is 48.7. The van der Waals surface area contributed by atoms with Crippen molar-refractivity contribution in [2.75, 3.05) is 63.2 Å². The zero-order valence-electron chi connectivity index (χ0n) is 81.9.